The highest BCUT2D eigenvalue weighted by Gasteiger charge is 2.46. The second kappa shape index (κ2) is 9.02. The summed E-state index contributed by atoms with van der Waals surface area (Å²) in [5, 5.41) is 5.24. The van der Waals surface area contributed by atoms with Crippen LogP contribution in [0.3, 0.4) is 0 Å². The second-order valence-corrected chi connectivity index (χ2v) is 13.7. The Morgan fingerprint density at radius 3 is 0.759 bits per heavy atom. The Morgan fingerprint density at radius 2 is 0.552 bits per heavy atom. The van der Waals surface area contributed by atoms with Crippen LogP contribution in [0.2, 0.25) is 0 Å². The molecule has 0 unspecified atom stereocenters. The van der Waals surface area contributed by atoms with Crippen LogP contribution in [0.5, 0.6) is 0 Å². The molecule has 4 aromatic rings. The van der Waals surface area contributed by atoms with Gasteiger partial charge in [0, 0.05) is 17.9 Å². The van der Waals surface area contributed by atoms with E-state index in [0.717, 1.165) is 17.9 Å². The summed E-state index contributed by atoms with van der Waals surface area (Å²) in [6, 6.07) is 34.4. The molecule has 4 rings (SSSR count). The van der Waals surface area contributed by atoms with Gasteiger partial charge in [0.25, 0.3) is 0 Å². The first-order valence-electron chi connectivity index (χ1n) is 9.07. The van der Waals surface area contributed by atoms with Gasteiger partial charge in [0.15, 0.2) is 8.07 Å². The maximum absolute atomic E-state index is 3.89. The summed E-state index contributed by atoms with van der Waals surface area (Å²) >= 11 is 15.5. The second-order valence-electron chi connectivity index (χ2n) is 6.67. The molecule has 0 heterocycles. The van der Waals surface area contributed by atoms with E-state index in [9.17, 15) is 0 Å². The minimum atomic E-state index is -2.67. The standard InChI is InChI=1S/C24H16Br4Si/c25-17-9-1-5-13-21(17)29(22-14-6-2-10-18(22)26,23-15-7-3-11-19(23)27)24-16-8-4-12-20(24)28/h1-16H. The monoisotopic (exact) mass is 648 g/mol. The van der Waals surface area contributed by atoms with Crippen molar-refractivity contribution in [3.8, 4) is 0 Å². The predicted octanol–water partition coefficient (Wildman–Crippen LogP) is 6.11. The zero-order valence-electron chi connectivity index (χ0n) is 15.2. The van der Waals surface area contributed by atoms with E-state index in [1.165, 1.54) is 20.7 Å². The van der Waals surface area contributed by atoms with Crippen LogP contribution in [-0.4, -0.2) is 8.07 Å². The maximum atomic E-state index is 3.89. The van der Waals surface area contributed by atoms with Crippen LogP contribution in [0, 0.1) is 0 Å². The van der Waals surface area contributed by atoms with Crippen LogP contribution in [0.4, 0.5) is 0 Å². The lowest BCUT2D eigenvalue weighted by Gasteiger charge is -2.37. The Kier molecular flexibility index (Phi) is 6.61. The van der Waals surface area contributed by atoms with Gasteiger partial charge in [-0.1, -0.05) is 137 Å². The molecule has 0 fully saturated rings. The minimum Gasteiger partial charge on any atom is -0.0623 e. The van der Waals surface area contributed by atoms with Gasteiger partial charge in [0.2, 0.25) is 0 Å². The summed E-state index contributed by atoms with van der Waals surface area (Å²) in [7, 11) is -2.67. The zero-order valence-corrected chi connectivity index (χ0v) is 22.6. The topological polar surface area (TPSA) is 0 Å². The molecule has 5 heteroatoms. The molecule has 0 aliphatic rings. The third-order valence-electron chi connectivity index (χ3n) is 5.11. The highest BCUT2D eigenvalue weighted by Crippen LogP contribution is 2.24. The quantitative estimate of drug-likeness (QED) is 0.185. The fourth-order valence-corrected chi connectivity index (χ4v) is 13.5. The van der Waals surface area contributed by atoms with E-state index in [-0.39, 0.29) is 0 Å². The van der Waals surface area contributed by atoms with Crippen LogP contribution in [0.25, 0.3) is 0 Å². The fourth-order valence-electron chi connectivity index (χ4n) is 3.93. The number of hydrogen-bond acceptors (Lipinski definition) is 0. The van der Waals surface area contributed by atoms with E-state index < -0.39 is 8.07 Å². The van der Waals surface area contributed by atoms with Crippen molar-refractivity contribution in [2.45, 2.75) is 0 Å². The first kappa shape index (κ1) is 21.3. The lowest BCUT2D eigenvalue weighted by atomic mass is 10.3. The molecule has 29 heavy (non-hydrogen) atoms. The fraction of sp³-hybridized carbons (Fsp3) is 0. The van der Waals surface area contributed by atoms with Gasteiger partial charge in [-0.15, -0.1) is 0 Å². The van der Waals surface area contributed by atoms with Crippen LogP contribution in [-0.2, 0) is 0 Å². The summed E-state index contributed by atoms with van der Waals surface area (Å²) in [6.07, 6.45) is 0. The molecule has 0 N–H and O–H groups in total. The van der Waals surface area contributed by atoms with Gasteiger partial charge in [-0.05, 0) is 45.0 Å². The molecular formula is C24H16Br4Si. The third-order valence-corrected chi connectivity index (χ3v) is 14.3. The lowest BCUT2D eigenvalue weighted by Crippen LogP contribution is -2.76. The van der Waals surface area contributed by atoms with Gasteiger partial charge in [0.1, 0.15) is 0 Å². The van der Waals surface area contributed by atoms with Crippen molar-refractivity contribution in [2.75, 3.05) is 0 Å². The number of halogens is 4. The normalized spacial score (nSPS) is 11.4. The molecule has 0 aliphatic carbocycles. The van der Waals surface area contributed by atoms with E-state index in [1.54, 1.807) is 0 Å². The minimum absolute atomic E-state index is 1.12. The third kappa shape index (κ3) is 3.76. The van der Waals surface area contributed by atoms with Crippen LogP contribution in [0.1, 0.15) is 0 Å². The van der Waals surface area contributed by atoms with Gasteiger partial charge in [-0.3, -0.25) is 0 Å². The summed E-state index contributed by atoms with van der Waals surface area (Å²) in [5.41, 5.74) is 0. The highest BCUT2D eigenvalue weighted by atomic mass is 79.9. The molecule has 0 aliphatic heterocycles. The maximum Gasteiger partial charge on any atom is 0.184 e. The van der Waals surface area contributed by atoms with E-state index >= 15 is 0 Å². The van der Waals surface area contributed by atoms with Crippen molar-refractivity contribution in [2.24, 2.45) is 0 Å². The Labute approximate surface area is 205 Å². The van der Waals surface area contributed by atoms with Gasteiger partial charge in [0.05, 0.1) is 0 Å². The zero-order chi connectivity index (χ0) is 20.4. The van der Waals surface area contributed by atoms with E-state index in [1.807, 2.05) is 0 Å². The summed E-state index contributed by atoms with van der Waals surface area (Å²) in [5.74, 6) is 0. The SMILES string of the molecule is Brc1ccccc1[Si](c1ccccc1Br)(c1ccccc1Br)c1ccccc1Br. The Balaban J connectivity index is 2.28. The first-order chi connectivity index (χ1) is 14.1. The van der Waals surface area contributed by atoms with Gasteiger partial charge < -0.3 is 0 Å². The van der Waals surface area contributed by atoms with Crippen molar-refractivity contribution in [1.82, 2.24) is 0 Å². The van der Waals surface area contributed by atoms with E-state index in [4.69, 9.17) is 0 Å². The molecule has 0 radical (unpaired) electrons. The van der Waals surface area contributed by atoms with Crippen molar-refractivity contribution in [1.29, 1.82) is 0 Å². The number of rotatable bonds is 4. The lowest BCUT2D eigenvalue weighted by molar-refractivity contribution is 1.60. The van der Waals surface area contributed by atoms with Gasteiger partial charge in [-0.2, -0.15) is 0 Å². The Hall–Kier alpha value is -0.983. The number of hydrogen-bond donors (Lipinski definition) is 0. The van der Waals surface area contributed by atoms with Crippen LogP contribution in [0.15, 0.2) is 115 Å². The van der Waals surface area contributed by atoms with Gasteiger partial charge in [-0.25, -0.2) is 0 Å². The highest BCUT2D eigenvalue weighted by molar-refractivity contribution is 9.11. The summed E-state index contributed by atoms with van der Waals surface area (Å²) < 4.78 is 4.48. The number of benzene rings is 4. The molecule has 0 saturated heterocycles. The smallest absolute Gasteiger partial charge is 0.0623 e. The van der Waals surface area contributed by atoms with Crippen LogP contribution >= 0.6 is 63.7 Å². The Bertz CT molecular complexity index is 985. The van der Waals surface area contributed by atoms with Crippen molar-refractivity contribution < 1.29 is 0 Å². The summed E-state index contributed by atoms with van der Waals surface area (Å²) in [6.45, 7) is 0. The molecule has 0 spiro atoms. The molecule has 0 bridgehead atoms. The molecule has 4 aromatic carbocycles. The molecule has 0 amide bonds. The molecule has 0 saturated carbocycles. The molecule has 144 valence electrons. The molecule has 0 atom stereocenters. The molecule has 0 aromatic heterocycles. The van der Waals surface area contributed by atoms with Gasteiger partial charge >= 0.3 is 0 Å². The largest absolute Gasteiger partial charge is 0.184 e. The Morgan fingerprint density at radius 1 is 0.345 bits per heavy atom. The van der Waals surface area contributed by atoms with E-state index in [0.29, 0.717) is 0 Å². The molecular weight excluding hydrogens is 636 g/mol. The summed E-state index contributed by atoms with van der Waals surface area (Å²) in [4.78, 5) is 0. The van der Waals surface area contributed by atoms with Crippen LogP contribution < -0.4 is 20.7 Å². The van der Waals surface area contributed by atoms with Crippen molar-refractivity contribution in [3.63, 3.8) is 0 Å². The predicted molar refractivity (Wildman–Crippen MR) is 141 cm³/mol. The van der Waals surface area contributed by atoms with Crippen molar-refractivity contribution >= 4 is 92.5 Å². The first-order valence-corrected chi connectivity index (χ1v) is 14.2. The van der Waals surface area contributed by atoms with Crippen molar-refractivity contribution in [3.05, 3.63) is 115 Å². The average Bonchev–Trinajstić information content (AvgIpc) is 2.73. The molecule has 0 nitrogen and oxygen atoms in total. The van der Waals surface area contributed by atoms with E-state index in [2.05, 4.69) is 161 Å². The average molecular weight is 652 g/mol.